The summed E-state index contributed by atoms with van der Waals surface area (Å²) in [6.45, 7) is 0.351. The predicted octanol–water partition coefficient (Wildman–Crippen LogP) is 2.89. The van der Waals surface area contributed by atoms with Crippen LogP contribution in [0.4, 0.5) is 0 Å². The molecule has 4 heteroatoms. The van der Waals surface area contributed by atoms with Crippen molar-refractivity contribution in [3.8, 4) is 0 Å². The van der Waals surface area contributed by atoms with E-state index in [9.17, 15) is 4.79 Å². The summed E-state index contributed by atoms with van der Waals surface area (Å²) < 4.78 is 4.89. The van der Waals surface area contributed by atoms with Crippen molar-refractivity contribution in [1.82, 2.24) is 0 Å². The summed E-state index contributed by atoms with van der Waals surface area (Å²) >= 11 is 8.94. The molecular formula is C9H8BrClO2. The minimum atomic E-state index is -0.384. The first-order chi connectivity index (χ1) is 6.25. The molecule has 0 fully saturated rings. The van der Waals surface area contributed by atoms with Crippen LogP contribution in [-0.2, 0) is 4.74 Å². The number of carbonyl (C=O) groups is 1. The van der Waals surface area contributed by atoms with E-state index < -0.39 is 0 Å². The van der Waals surface area contributed by atoms with Crippen molar-refractivity contribution < 1.29 is 9.53 Å². The molecule has 0 amide bonds. The number of alkyl halides is 1. The number of hydrogen-bond donors (Lipinski definition) is 0. The third-order valence-electron chi connectivity index (χ3n) is 1.40. The summed E-state index contributed by atoms with van der Waals surface area (Å²) in [4.78, 5) is 11.3. The maximum Gasteiger partial charge on any atom is 0.339 e. The second kappa shape index (κ2) is 5.25. The Morgan fingerprint density at radius 3 is 2.77 bits per heavy atom. The van der Waals surface area contributed by atoms with E-state index in [1.54, 1.807) is 24.3 Å². The molecule has 70 valence electrons. The van der Waals surface area contributed by atoms with Gasteiger partial charge < -0.3 is 4.74 Å². The number of rotatable bonds is 3. The van der Waals surface area contributed by atoms with Crippen molar-refractivity contribution in [2.24, 2.45) is 0 Å². The third kappa shape index (κ3) is 3.01. The minimum absolute atomic E-state index is 0.351. The van der Waals surface area contributed by atoms with Crippen molar-refractivity contribution in [3.05, 3.63) is 34.9 Å². The highest BCUT2D eigenvalue weighted by atomic mass is 79.9. The van der Waals surface area contributed by atoms with Gasteiger partial charge in [0.25, 0.3) is 0 Å². The lowest BCUT2D eigenvalue weighted by atomic mass is 10.2. The van der Waals surface area contributed by atoms with E-state index >= 15 is 0 Å². The maximum absolute atomic E-state index is 11.3. The smallest absolute Gasteiger partial charge is 0.339 e. The Kier molecular flexibility index (Phi) is 4.25. The van der Waals surface area contributed by atoms with Crippen LogP contribution in [0.1, 0.15) is 10.4 Å². The molecule has 0 saturated heterocycles. The molecule has 0 aliphatic carbocycles. The number of benzene rings is 1. The van der Waals surface area contributed by atoms with Crippen LogP contribution in [-0.4, -0.2) is 17.9 Å². The van der Waals surface area contributed by atoms with Gasteiger partial charge in [0.2, 0.25) is 0 Å². The first-order valence-corrected chi connectivity index (χ1v) is 5.23. The Morgan fingerprint density at radius 1 is 1.46 bits per heavy atom. The molecule has 1 rings (SSSR count). The van der Waals surface area contributed by atoms with Crippen LogP contribution in [0.15, 0.2) is 24.3 Å². The van der Waals surface area contributed by atoms with Gasteiger partial charge in [-0.3, -0.25) is 0 Å². The molecule has 0 bridgehead atoms. The normalized spacial score (nSPS) is 9.69. The zero-order valence-corrected chi connectivity index (χ0v) is 9.14. The summed E-state index contributed by atoms with van der Waals surface area (Å²) in [5, 5.41) is 1.05. The third-order valence-corrected chi connectivity index (χ3v) is 2.06. The molecule has 13 heavy (non-hydrogen) atoms. The molecule has 1 aromatic rings. The molecule has 0 aliphatic heterocycles. The molecule has 1 aromatic carbocycles. The van der Waals surface area contributed by atoms with Gasteiger partial charge in [-0.05, 0) is 12.1 Å². The van der Waals surface area contributed by atoms with Crippen molar-refractivity contribution in [3.63, 3.8) is 0 Å². The van der Waals surface area contributed by atoms with Gasteiger partial charge >= 0.3 is 5.97 Å². The van der Waals surface area contributed by atoms with Gasteiger partial charge in [-0.25, -0.2) is 4.79 Å². The van der Waals surface area contributed by atoms with Gasteiger partial charge in [0.15, 0.2) is 0 Å². The average Bonchev–Trinajstić information content (AvgIpc) is 2.15. The highest BCUT2D eigenvalue weighted by Crippen LogP contribution is 2.15. The van der Waals surface area contributed by atoms with Crippen LogP contribution < -0.4 is 0 Å². The largest absolute Gasteiger partial charge is 0.461 e. The zero-order valence-electron chi connectivity index (χ0n) is 6.80. The Bertz CT molecular complexity index is 301. The Labute approximate surface area is 90.0 Å². The molecule has 0 aromatic heterocycles. The number of carbonyl (C=O) groups excluding carboxylic acids is 1. The molecule has 0 N–H and O–H groups in total. The van der Waals surface area contributed by atoms with Crippen molar-refractivity contribution in [1.29, 1.82) is 0 Å². The van der Waals surface area contributed by atoms with Gasteiger partial charge in [-0.15, -0.1) is 0 Å². The van der Waals surface area contributed by atoms with Crippen molar-refractivity contribution >= 4 is 33.5 Å². The van der Waals surface area contributed by atoms with Crippen LogP contribution in [0.2, 0.25) is 5.02 Å². The monoisotopic (exact) mass is 262 g/mol. The fourth-order valence-corrected chi connectivity index (χ4v) is 1.21. The van der Waals surface area contributed by atoms with Gasteiger partial charge in [0, 0.05) is 5.33 Å². The Balaban J connectivity index is 2.71. The lowest BCUT2D eigenvalue weighted by Gasteiger charge is -2.03. The minimum Gasteiger partial charge on any atom is -0.461 e. The molecule has 2 nitrogen and oxygen atoms in total. The van der Waals surface area contributed by atoms with Crippen LogP contribution in [0.3, 0.4) is 0 Å². The van der Waals surface area contributed by atoms with Gasteiger partial charge in [-0.2, -0.15) is 0 Å². The van der Waals surface area contributed by atoms with Crippen molar-refractivity contribution in [2.45, 2.75) is 0 Å². The van der Waals surface area contributed by atoms with Gasteiger partial charge in [-0.1, -0.05) is 39.7 Å². The molecule has 0 aliphatic rings. The number of halogens is 2. The summed E-state index contributed by atoms with van der Waals surface area (Å²) in [5.41, 5.74) is 0.408. The van der Waals surface area contributed by atoms with Crippen LogP contribution in [0.25, 0.3) is 0 Å². The van der Waals surface area contributed by atoms with Crippen molar-refractivity contribution in [2.75, 3.05) is 11.9 Å². The van der Waals surface area contributed by atoms with E-state index in [-0.39, 0.29) is 5.97 Å². The number of hydrogen-bond acceptors (Lipinski definition) is 2. The standard InChI is InChI=1S/C9H8BrClO2/c10-5-6-13-9(12)7-3-1-2-4-8(7)11/h1-4H,5-6H2. The topological polar surface area (TPSA) is 26.3 Å². The fraction of sp³-hybridized carbons (Fsp3) is 0.222. The number of esters is 1. The van der Waals surface area contributed by atoms with Crippen LogP contribution >= 0.6 is 27.5 Å². The fourth-order valence-electron chi connectivity index (χ4n) is 0.836. The zero-order chi connectivity index (χ0) is 9.68. The van der Waals surface area contributed by atoms with Gasteiger partial charge in [0.1, 0.15) is 6.61 Å². The molecule has 0 heterocycles. The second-order valence-electron chi connectivity index (χ2n) is 2.30. The maximum atomic E-state index is 11.3. The van der Waals surface area contributed by atoms with E-state index in [1.807, 2.05) is 0 Å². The first kappa shape index (κ1) is 10.5. The van der Waals surface area contributed by atoms with E-state index in [0.29, 0.717) is 22.5 Å². The second-order valence-corrected chi connectivity index (χ2v) is 3.50. The van der Waals surface area contributed by atoms with E-state index in [2.05, 4.69) is 15.9 Å². The van der Waals surface area contributed by atoms with E-state index in [1.165, 1.54) is 0 Å². The number of ether oxygens (including phenoxy) is 1. The summed E-state index contributed by atoms with van der Waals surface area (Å²) in [7, 11) is 0. The molecule has 0 radical (unpaired) electrons. The van der Waals surface area contributed by atoms with E-state index in [4.69, 9.17) is 16.3 Å². The quantitative estimate of drug-likeness (QED) is 0.619. The SMILES string of the molecule is O=C(OCCBr)c1ccccc1Cl. The molecule has 0 unspecified atom stereocenters. The Hall–Kier alpha value is -0.540. The average molecular weight is 264 g/mol. The summed E-state index contributed by atoms with van der Waals surface area (Å²) in [6.07, 6.45) is 0. The lowest BCUT2D eigenvalue weighted by molar-refractivity contribution is 0.0531. The summed E-state index contributed by atoms with van der Waals surface area (Å²) in [5.74, 6) is -0.384. The molecular weight excluding hydrogens is 255 g/mol. The molecule has 0 spiro atoms. The molecule has 0 atom stereocenters. The first-order valence-electron chi connectivity index (χ1n) is 3.73. The van der Waals surface area contributed by atoms with Crippen LogP contribution in [0, 0.1) is 0 Å². The van der Waals surface area contributed by atoms with E-state index in [0.717, 1.165) is 0 Å². The summed E-state index contributed by atoms with van der Waals surface area (Å²) in [6, 6.07) is 6.81. The predicted molar refractivity (Wildman–Crippen MR) is 55.5 cm³/mol. The molecule has 0 saturated carbocycles. The highest BCUT2D eigenvalue weighted by Gasteiger charge is 2.09. The highest BCUT2D eigenvalue weighted by molar-refractivity contribution is 9.09. The van der Waals surface area contributed by atoms with Crippen LogP contribution in [0.5, 0.6) is 0 Å². The van der Waals surface area contributed by atoms with Gasteiger partial charge in [0.05, 0.1) is 10.6 Å². The lowest BCUT2D eigenvalue weighted by Crippen LogP contribution is -2.07. The Morgan fingerprint density at radius 2 is 2.15 bits per heavy atom.